The van der Waals surface area contributed by atoms with Crippen LogP contribution in [0, 0.1) is 5.92 Å². The number of carbonyl (C=O) groups is 1. The second-order valence-electron chi connectivity index (χ2n) is 3.24. The Bertz CT molecular complexity index is 169. The smallest absolute Gasteiger partial charge is 0.304 e. The molecule has 2 atom stereocenters. The lowest BCUT2D eigenvalue weighted by Gasteiger charge is -2.10. The monoisotopic (exact) mass is 157 g/mol. The summed E-state index contributed by atoms with van der Waals surface area (Å²) >= 11 is 0. The molecule has 3 nitrogen and oxygen atoms in total. The Morgan fingerprint density at radius 2 is 2.45 bits per heavy atom. The molecule has 0 aromatic rings. The summed E-state index contributed by atoms with van der Waals surface area (Å²) in [6.07, 6.45) is 3.00. The Balaban J connectivity index is 2.30. The Labute approximate surface area is 66.9 Å². The first-order chi connectivity index (χ1) is 5.08. The van der Waals surface area contributed by atoms with Gasteiger partial charge in [0.1, 0.15) is 0 Å². The molecule has 0 bridgehead atoms. The minimum Gasteiger partial charge on any atom is -0.444 e. The third-order valence-corrected chi connectivity index (χ3v) is 2.07. The molecule has 1 aliphatic carbocycles. The van der Waals surface area contributed by atoms with Crippen LogP contribution < -0.4 is 5.73 Å². The summed E-state index contributed by atoms with van der Waals surface area (Å²) in [7, 11) is 0. The summed E-state index contributed by atoms with van der Waals surface area (Å²) < 4.78 is 4.95. The lowest BCUT2D eigenvalue weighted by molar-refractivity contribution is -0.149. The molecule has 0 aliphatic heterocycles. The van der Waals surface area contributed by atoms with Gasteiger partial charge in [-0.25, -0.2) is 0 Å². The largest absolute Gasteiger partial charge is 0.444 e. The summed E-state index contributed by atoms with van der Waals surface area (Å²) in [5, 5.41) is 0. The fourth-order valence-corrected chi connectivity index (χ4v) is 1.41. The van der Waals surface area contributed by atoms with Crippen molar-refractivity contribution in [3.05, 3.63) is 0 Å². The lowest BCUT2D eigenvalue weighted by Crippen LogP contribution is -2.30. The van der Waals surface area contributed by atoms with Crippen LogP contribution in [-0.2, 0) is 9.53 Å². The number of rotatable bonds is 3. The van der Waals surface area contributed by atoms with Crippen LogP contribution in [0.2, 0.25) is 0 Å². The normalized spacial score (nSPS) is 35.0. The van der Waals surface area contributed by atoms with E-state index in [4.69, 9.17) is 10.5 Å². The molecule has 0 aromatic heterocycles. The quantitative estimate of drug-likeness (QED) is 0.491. The van der Waals surface area contributed by atoms with Crippen molar-refractivity contribution >= 4 is 5.97 Å². The molecule has 2 unspecified atom stereocenters. The number of hydrogen-bond donors (Lipinski definition) is 1. The van der Waals surface area contributed by atoms with Crippen molar-refractivity contribution in [1.82, 2.24) is 0 Å². The molecule has 1 rings (SSSR count). The van der Waals surface area contributed by atoms with E-state index in [0.717, 1.165) is 19.3 Å². The third kappa shape index (κ3) is 1.93. The highest BCUT2D eigenvalue weighted by Gasteiger charge is 2.53. The predicted molar refractivity (Wildman–Crippen MR) is 41.7 cm³/mol. The van der Waals surface area contributed by atoms with Crippen LogP contribution in [0.15, 0.2) is 0 Å². The molecule has 0 radical (unpaired) electrons. The van der Waals surface area contributed by atoms with Gasteiger partial charge in [0, 0.05) is 19.3 Å². The number of nitrogens with two attached hydrogens (primary N) is 1. The number of ether oxygens (including phenoxy) is 1. The highest BCUT2D eigenvalue weighted by Crippen LogP contribution is 2.45. The van der Waals surface area contributed by atoms with Gasteiger partial charge < -0.3 is 4.74 Å². The minimum absolute atomic E-state index is 0.272. The van der Waals surface area contributed by atoms with Gasteiger partial charge in [0.25, 0.3) is 0 Å². The van der Waals surface area contributed by atoms with Crippen molar-refractivity contribution in [1.29, 1.82) is 0 Å². The van der Waals surface area contributed by atoms with Gasteiger partial charge in [-0.3, -0.25) is 10.5 Å². The molecule has 0 amide bonds. The van der Waals surface area contributed by atoms with Crippen LogP contribution in [0.4, 0.5) is 0 Å². The van der Waals surface area contributed by atoms with Crippen LogP contribution in [0.3, 0.4) is 0 Å². The zero-order valence-electron chi connectivity index (χ0n) is 7.09. The molecule has 1 saturated carbocycles. The Kier molecular flexibility index (Phi) is 2.18. The molecule has 64 valence electrons. The Morgan fingerprint density at radius 3 is 2.91 bits per heavy atom. The molecule has 1 aliphatic rings. The Hall–Kier alpha value is -0.570. The van der Waals surface area contributed by atoms with Crippen LogP contribution in [0.1, 0.15) is 33.1 Å². The van der Waals surface area contributed by atoms with Gasteiger partial charge in [-0.05, 0) is 6.42 Å². The van der Waals surface area contributed by atoms with Crippen molar-refractivity contribution in [2.75, 3.05) is 0 Å². The van der Waals surface area contributed by atoms with Crippen molar-refractivity contribution in [2.24, 2.45) is 11.7 Å². The molecule has 0 heterocycles. The molecule has 0 aromatic carbocycles. The van der Waals surface area contributed by atoms with E-state index in [9.17, 15) is 4.79 Å². The third-order valence-electron chi connectivity index (χ3n) is 2.07. The van der Waals surface area contributed by atoms with Crippen molar-refractivity contribution in [3.8, 4) is 0 Å². The Morgan fingerprint density at radius 1 is 1.82 bits per heavy atom. The van der Waals surface area contributed by atoms with Gasteiger partial charge >= 0.3 is 5.97 Å². The highest BCUT2D eigenvalue weighted by molar-refractivity contribution is 5.66. The summed E-state index contributed by atoms with van der Waals surface area (Å²) in [6.45, 7) is 3.50. The molecular formula is C8H15NO2. The second-order valence-corrected chi connectivity index (χ2v) is 3.24. The van der Waals surface area contributed by atoms with Crippen LogP contribution >= 0.6 is 0 Å². The number of esters is 1. The summed E-state index contributed by atoms with van der Waals surface area (Å²) in [5.74, 6) is 0.127. The molecular weight excluding hydrogens is 142 g/mol. The van der Waals surface area contributed by atoms with E-state index in [2.05, 4.69) is 6.92 Å². The van der Waals surface area contributed by atoms with E-state index in [1.807, 2.05) is 0 Å². The summed E-state index contributed by atoms with van der Waals surface area (Å²) in [4.78, 5) is 10.5. The number of carbonyl (C=O) groups excluding carboxylic acids is 1. The van der Waals surface area contributed by atoms with E-state index in [1.165, 1.54) is 6.92 Å². The maximum atomic E-state index is 10.5. The van der Waals surface area contributed by atoms with Crippen LogP contribution in [0.5, 0.6) is 0 Å². The summed E-state index contributed by atoms with van der Waals surface area (Å²) in [5.41, 5.74) is 5.13. The highest BCUT2D eigenvalue weighted by atomic mass is 16.6. The van der Waals surface area contributed by atoms with Gasteiger partial charge in [-0.1, -0.05) is 13.3 Å². The SMILES string of the molecule is CCCC1CC1(N)OC(C)=O. The average molecular weight is 157 g/mol. The molecule has 1 fully saturated rings. The lowest BCUT2D eigenvalue weighted by atomic mass is 10.2. The van der Waals surface area contributed by atoms with E-state index in [-0.39, 0.29) is 5.97 Å². The van der Waals surface area contributed by atoms with Gasteiger partial charge in [0.15, 0.2) is 5.72 Å². The van der Waals surface area contributed by atoms with Gasteiger partial charge in [-0.15, -0.1) is 0 Å². The van der Waals surface area contributed by atoms with Crippen molar-refractivity contribution in [2.45, 2.75) is 38.8 Å². The predicted octanol–water partition coefficient (Wildman–Crippen LogP) is 1.02. The molecule has 3 heteroatoms. The van der Waals surface area contributed by atoms with E-state index in [0.29, 0.717) is 5.92 Å². The van der Waals surface area contributed by atoms with E-state index in [1.54, 1.807) is 0 Å². The summed E-state index contributed by atoms with van der Waals surface area (Å²) in [6, 6.07) is 0. The fraction of sp³-hybridized carbons (Fsp3) is 0.875. The van der Waals surface area contributed by atoms with Crippen molar-refractivity contribution in [3.63, 3.8) is 0 Å². The average Bonchev–Trinajstić information content (AvgIpc) is 2.40. The fourth-order valence-electron chi connectivity index (χ4n) is 1.41. The first-order valence-electron chi connectivity index (χ1n) is 4.07. The van der Waals surface area contributed by atoms with Crippen molar-refractivity contribution < 1.29 is 9.53 Å². The van der Waals surface area contributed by atoms with Gasteiger partial charge in [0.2, 0.25) is 0 Å². The standard InChI is InChI=1S/C8H15NO2/c1-3-4-7-5-8(7,9)11-6(2)10/h7H,3-5,9H2,1-2H3. The van der Waals surface area contributed by atoms with Gasteiger partial charge in [0.05, 0.1) is 0 Å². The molecule has 11 heavy (non-hydrogen) atoms. The van der Waals surface area contributed by atoms with Gasteiger partial charge in [-0.2, -0.15) is 0 Å². The topological polar surface area (TPSA) is 52.3 Å². The maximum absolute atomic E-state index is 10.5. The zero-order valence-corrected chi connectivity index (χ0v) is 7.09. The first-order valence-corrected chi connectivity index (χ1v) is 4.07. The molecule has 2 N–H and O–H groups in total. The van der Waals surface area contributed by atoms with Crippen LogP contribution in [-0.4, -0.2) is 11.7 Å². The van der Waals surface area contributed by atoms with E-state index >= 15 is 0 Å². The second kappa shape index (κ2) is 2.81. The van der Waals surface area contributed by atoms with E-state index < -0.39 is 5.72 Å². The molecule has 0 saturated heterocycles. The van der Waals surface area contributed by atoms with Crippen LogP contribution in [0.25, 0.3) is 0 Å². The zero-order chi connectivity index (χ0) is 8.48. The maximum Gasteiger partial charge on any atom is 0.304 e. The molecule has 0 spiro atoms. The number of hydrogen-bond acceptors (Lipinski definition) is 3. The minimum atomic E-state index is -0.609. The first kappa shape index (κ1) is 8.53.